The molecule has 20 heavy (non-hydrogen) atoms. The van der Waals surface area contributed by atoms with Gasteiger partial charge in [0.2, 0.25) is 11.8 Å². The van der Waals surface area contributed by atoms with Gasteiger partial charge in [-0.2, -0.15) is 0 Å². The van der Waals surface area contributed by atoms with Gasteiger partial charge in [-0.25, -0.2) is 4.39 Å². The maximum absolute atomic E-state index is 13.8. The Kier molecular flexibility index (Phi) is 4.46. The molecular formula is C14H18FN3O2. The van der Waals surface area contributed by atoms with Crippen LogP contribution in [0.4, 0.5) is 4.39 Å². The highest BCUT2D eigenvalue weighted by Crippen LogP contribution is 2.17. The molecule has 0 saturated carbocycles. The zero-order chi connectivity index (χ0) is 14.7. The van der Waals surface area contributed by atoms with Crippen LogP contribution >= 0.6 is 0 Å². The topological polar surface area (TPSA) is 75.4 Å². The van der Waals surface area contributed by atoms with Gasteiger partial charge in [0, 0.05) is 18.7 Å². The van der Waals surface area contributed by atoms with Crippen LogP contribution in [0.25, 0.3) is 0 Å². The van der Waals surface area contributed by atoms with E-state index < -0.39 is 6.04 Å². The fraction of sp³-hybridized carbons (Fsp3) is 0.429. The molecule has 0 aliphatic carbocycles. The van der Waals surface area contributed by atoms with Crippen molar-refractivity contribution < 1.29 is 14.0 Å². The van der Waals surface area contributed by atoms with E-state index in [0.717, 1.165) is 5.56 Å². The summed E-state index contributed by atoms with van der Waals surface area (Å²) in [5.74, 6) is -1.02. The standard InChI is InChI=1S/C14H18FN3O2/c1-2-12-14(20)17-13(19)8-18(12)7-10-5-9(6-16)3-4-11(10)15/h3-5,12H,2,6-8,16H2,1H3,(H,17,19,20). The van der Waals surface area contributed by atoms with E-state index >= 15 is 0 Å². The number of hydrogen-bond donors (Lipinski definition) is 2. The molecule has 0 spiro atoms. The summed E-state index contributed by atoms with van der Waals surface area (Å²) in [5, 5.41) is 2.30. The molecule has 0 radical (unpaired) electrons. The molecule has 1 aliphatic rings. The Bertz CT molecular complexity index is 533. The van der Waals surface area contributed by atoms with Crippen molar-refractivity contribution in [3.05, 3.63) is 35.1 Å². The van der Waals surface area contributed by atoms with Crippen molar-refractivity contribution in [2.45, 2.75) is 32.5 Å². The molecule has 1 saturated heterocycles. The molecule has 108 valence electrons. The van der Waals surface area contributed by atoms with Gasteiger partial charge in [0.1, 0.15) is 5.82 Å². The maximum Gasteiger partial charge on any atom is 0.243 e. The van der Waals surface area contributed by atoms with Gasteiger partial charge in [0.25, 0.3) is 0 Å². The smallest absolute Gasteiger partial charge is 0.243 e. The summed E-state index contributed by atoms with van der Waals surface area (Å²) >= 11 is 0. The van der Waals surface area contributed by atoms with Crippen LogP contribution in [0, 0.1) is 5.82 Å². The van der Waals surface area contributed by atoms with Crippen molar-refractivity contribution in [3.8, 4) is 0 Å². The number of hydrogen-bond acceptors (Lipinski definition) is 4. The lowest BCUT2D eigenvalue weighted by molar-refractivity contribution is -0.140. The third-order valence-electron chi connectivity index (χ3n) is 3.46. The van der Waals surface area contributed by atoms with Gasteiger partial charge in [-0.1, -0.05) is 19.1 Å². The Labute approximate surface area is 116 Å². The van der Waals surface area contributed by atoms with Crippen LogP contribution in [-0.2, 0) is 22.7 Å². The van der Waals surface area contributed by atoms with Crippen LogP contribution in [0.15, 0.2) is 18.2 Å². The van der Waals surface area contributed by atoms with Crippen LogP contribution < -0.4 is 11.1 Å². The molecule has 1 aliphatic heterocycles. The van der Waals surface area contributed by atoms with Crippen LogP contribution in [-0.4, -0.2) is 29.3 Å². The highest BCUT2D eigenvalue weighted by molar-refractivity contribution is 6.01. The third kappa shape index (κ3) is 3.02. The number of halogens is 1. The van der Waals surface area contributed by atoms with E-state index in [0.29, 0.717) is 18.5 Å². The van der Waals surface area contributed by atoms with Crippen LogP contribution in [0.3, 0.4) is 0 Å². The number of piperazine rings is 1. The summed E-state index contributed by atoms with van der Waals surface area (Å²) in [6, 6.07) is 4.27. The second kappa shape index (κ2) is 6.11. The molecule has 2 amide bonds. The molecular weight excluding hydrogens is 261 g/mol. The molecule has 0 aromatic heterocycles. The predicted molar refractivity (Wildman–Crippen MR) is 71.9 cm³/mol. The maximum atomic E-state index is 13.8. The van der Waals surface area contributed by atoms with E-state index in [1.54, 1.807) is 17.0 Å². The molecule has 3 N–H and O–H groups in total. The van der Waals surface area contributed by atoms with Crippen molar-refractivity contribution in [1.82, 2.24) is 10.2 Å². The van der Waals surface area contributed by atoms with E-state index in [4.69, 9.17) is 5.73 Å². The van der Waals surface area contributed by atoms with Gasteiger partial charge < -0.3 is 5.73 Å². The van der Waals surface area contributed by atoms with Crippen molar-refractivity contribution in [2.75, 3.05) is 6.54 Å². The van der Waals surface area contributed by atoms with E-state index in [1.807, 2.05) is 6.92 Å². The monoisotopic (exact) mass is 279 g/mol. The SMILES string of the molecule is CCC1C(=O)NC(=O)CN1Cc1cc(CN)ccc1F. The van der Waals surface area contributed by atoms with Crippen molar-refractivity contribution >= 4 is 11.8 Å². The average molecular weight is 279 g/mol. The van der Waals surface area contributed by atoms with E-state index in [2.05, 4.69) is 5.32 Å². The summed E-state index contributed by atoms with van der Waals surface area (Å²) in [7, 11) is 0. The first kappa shape index (κ1) is 14.6. The van der Waals surface area contributed by atoms with Crippen LogP contribution in [0.5, 0.6) is 0 Å². The number of nitrogens with one attached hydrogen (secondary N) is 1. The lowest BCUT2D eigenvalue weighted by Gasteiger charge is -2.33. The molecule has 1 unspecified atom stereocenters. The second-order valence-electron chi connectivity index (χ2n) is 4.87. The Morgan fingerprint density at radius 1 is 1.45 bits per heavy atom. The number of carbonyl (C=O) groups is 2. The molecule has 6 heteroatoms. The van der Waals surface area contributed by atoms with Crippen LogP contribution in [0.2, 0.25) is 0 Å². The predicted octanol–water partition coefficient (Wildman–Crippen LogP) is 0.521. The van der Waals surface area contributed by atoms with Crippen LogP contribution in [0.1, 0.15) is 24.5 Å². The Morgan fingerprint density at radius 2 is 2.20 bits per heavy atom. The minimum Gasteiger partial charge on any atom is -0.326 e. The Morgan fingerprint density at radius 3 is 2.85 bits per heavy atom. The summed E-state index contributed by atoms with van der Waals surface area (Å²) < 4.78 is 13.8. The highest BCUT2D eigenvalue weighted by Gasteiger charge is 2.32. The number of carbonyl (C=O) groups excluding carboxylic acids is 2. The first-order valence-corrected chi connectivity index (χ1v) is 6.60. The lowest BCUT2D eigenvalue weighted by Crippen LogP contribution is -2.57. The number of benzene rings is 1. The fourth-order valence-electron chi connectivity index (χ4n) is 2.43. The molecule has 1 aromatic carbocycles. The highest BCUT2D eigenvalue weighted by atomic mass is 19.1. The first-order chi connectivity index (χ1) is 9.55. The number of nitrogens with two attached hydrogens (primary N) is 1. The molecule has 2 rings (SSSR count). The van der Waals surface area contributed by atoms with Gasteiger partial charge in [-0.3, -0.25) is 19.8 Å². The summed E-state index contributed by atoms with van der Waals surface area (Å²) in [6.45, 7) is 2.50. The molecule has 5 nitrogen and oxygen atoms in total. The van der Waals surface area contributed by atoms with Gasteiger partial charge >= 0.3 is 0 Å². The first-order valence-electron chi connectivity index (χ1n) is 6.60. The van der Waals surface area contributed by atoms with E-state index in [-0.39, 0.29) is 30.7 Å². The summed E-state index contributed by atoms with van der Waals surface area (Å²) in [4.78, 5) is 24.9. The fourth-order valence-corrected chi connectivity index (χ4v) is 2.43. The largest absolute Gasteiger partial charge is 0.326 e. The average Bonchev–Trinajstić information content (AvgIpc) is 2.41. The van der Waals surface area contributed by atoms with Gasteiger partial charge in [0.05, 0.1) is 12.6 Å². The van der Waals surface area contributed by atoms with Crippen molar-refractivity contribution in [1.29, 1.82) is 0 Å². The molecule has 1 aromatic rings. The number of imide groups is 1. The Balaban J connectivity index is 2.22. The summed E-state index contributed by atoms with van der Waals surface area (Å²) in [6.07, 6.45) is 0.567. The number of rotatable bonds is 4. The minimum absolute atomic E-state index is 0.0938. The Hall–Kier alpha value is -1.79. The molecule has 1 heterocycles. The number of amides is 2. The molecule has 0 bridgehead atoms. The third-order valence-corrected chi connectivity index (χ3v) is 3.46. The zero-order valence-corrected chi connectivity index (χ0v) is 11.4. The zero-order valence-electron chi connectivity index (χ0n) is 11.4. The normalized spacial score (nSPS) is 20.1. The molecule has 1 fully saturated rings. The van der Waals surface area contributed by atoms with E-state index in [9.17, 15) is 14.0 Å². The lowest BCUT2D eigenvalue weighted by atomic mass is 10.1. The minimum atomic E-state index is -0.409. The molecule has 1 atom stereocenters. The van der Waals surface area contributed by atoms with Gasteiger partial charge in [0.15, 0.2) is 0 Å². The van der Waals surface area contributed by atoms with E-state index in [1.165, 1.54) is 6.07 Å². The van der Waals surface area contributed by atoms with Crippen molar-refractivity contribution in [3.63, 3.8) is 0 Å². The summed E-state index contributed by atoms with van der Waals surface area (Å²) in [5.41, 5.74) is 6.82. The van der Waals surface area contributed by atoms with Crippen molar-refractivity contribution in [2.24, 2.45) is 5.73 Å². The van der Waals surface area contributed by atoms with Gasteiger partial charge in [-0.05, 0) is 18.1 Å². The second-order valence-corrected chi connectivity index (χ2v) is 4.87. The quantitative estimate of drug-likeness (QED) is 0.788. The number of nitrogens with zero attached hydrogens (tertiary/aromatic N) is 1. The van der Waals surface area contributed by atoms with Gasteiger partial charge in [-0.15, -0.1) is 0 Å².